The lowest BCUT2D eigenvalue weighted by Gasteiger charge is -2.08. The third kappa shape index (κ3) is 3.07. The molecular weight excluding hydrogens is 200 g/mol. The molecule has 1 aromatic rings. The van der Waals surface area contributed by atoms with Crippen molar-refractivity contribution in [3.63, 3.8) is 0 Å². The van der Waals surface area contributed by atoms with Gasteiger partial charge < -0.3 is 11.1 Å². The second-order valence-corrected chi connectivity index (χ2v) is 4.40. The Balaban J connectivity index is 1.85. The number of nitrogens with two attached hydrogens (primary N) is 1. The molecule has 0 atom stereocenters. The Morgan fingerprint density at radius 3 is 2.62 bits per heavy atom. The van der Waals surface area contributed by atoms with Gasteiger partial charge in [-0.1, -0.05) is 24.3 Å². The lowest BCUT2D eigenvalue weighted by Crippen LogP contribution is -2.23. The van der Waals surface area contributed by atoms with Gasteiger partial charge in [0.15, 0.2) is 0 Å². The van der Waals surface area contributed by atoms with E-state index in [2.05, 4.69) is 5.32 Å². The molecule has 1 saturated carbocycles. The van der Waals surface area contributed by atoms with Crippen LogP contribution in [0.25, 0.3) is 0 Å². The Labute approximate surface area is 96.0 Å². The van der Waals surface area contributed by atoms with E-state index in [1.54, 1.807) is 0 Å². The highest BCUT2D eigenvalue weighted by Gasteiger charge is 2.24. The maximum atomic E-state index is 11.5. The maximum Gasteiger partial charge on any atom is 0.220 e. The molecule has 0 bridgehead atoms. The highest BCUT2D eigenvalue weighted by atomic mass is 16.1. The number of nitrogens with one attached hydrogen (secondary N) is 1. The van der Waals surface area contributed by atoms with Crippen molar-refractivity contribution in [3.8, 4) is 0 Å². The van der Waals surface area contributed by atoms with Crippen LogP contribution in [0.2, 0.25) is 0 Å². The minimum Gasteiger partial charge on any atom is -0.352 e. The van der Waals surface area contributed by atoms with Crippen molar-refractivity contribution < 1.29 is 4.79 Å². The monoisotopic (exact) mass is 218 g/mol. The first-order valence-corrected chi connectivity index (χ1v) is 5.83. The predicted octanol–water partition coefficient (Wildman–Crippen LogP) is 1.56. The molecule has 0 radical (unpaired) electrons. The van der Waals surface area contributed by atoms with Gasteiger partial charge in [0.1, 0.15) is 0 Å². The van der Waals surface area contributed by atoms with E-state index in [0.29, 0.717) is 25.4 Å². The Morgan fingerprint density at radius 2 is 2.00 bits per heavy atom. The number of hydrogen-bond acceptors (Lipinski definition) is 2. The van der Waals surface area contributed by atoms with Gasteiger partial charge in [0.25, 0.3) is 0 Å². The topological polar surface area (TPSA) is 55.1 Å². The van der Waals surface area contributed by atoms with Gasteiger partial charge in [-0.3, -0.25) is 4.79 Å². The Kier molecular flexibility index (Phi) is 3.57. The fourth-order valence-electron chi connectivity index (χ4n) is 1.78. The van der Waals surface area contributed by atoms with Gasteiger partial charge in [-0.2, -0.15) is 0 Å². The van der Waals surface area contributed by atoms with Crippen molar-refractivity contribution in [2.24, 2.45) is 11.7 Å². The molecule has 3 heteroatoms. The van der Waals surface area contributed by atoms with Gasteiger partial charge in [-0.15, -0.1) is 0 Å². The van der Waals surface area contributed by atoms with Crippen LogP contribution in [0.5, 0.6) is 0 Å². The molecule has 0 aliphatic heterocycles. The van der Waals surface area contributed by atoms with Gasteiger partial charge in [0.05, 0.1) is 0 Å². The van der Waals surface area contributed by atoms with Gasteiger partial charge in [-0.25, -0.2) is 0 Å². The van der Waals surface area contributed by atoms with E-state index in [9.17, 15) is 4.79 Å². The van der Waals surface area contributed by atoms with Gasteiger partial charge in [0.2, 0.25) is 5.91 Å². The van der Waals surface area contributed by atoms with Crippen LogP contribution in [0.15, 0.2) is 24.3 Å². The van der Waals surface area contributed by atoms with Gasteiger partial charge in [0, 0.05) is 19.5 Å². The lowest BCUT2D eigenvalue weighted by molar-refractivity contribution is -0.121. The molecule has 1 fully saturated rings. The number of amides is 1. The number of carbonyl (C=O) groups is 1. The van der Waals surface area contributed by atoms with E-state index in [-0.39, 0.29) is 5.91 Å². The number of hydrogen-bond donors (Lipinski definition) is 2. The molecule has 1 aliphatic carbocycles. The van der Waals surface area contributed by atoms with Crippen molar-refractivity contribution in [2.75, 3.05) is 0 Å². The average Bonchev–Trinajstić information content (AvgIpc) is 3.10. The highest BCUT2D eigenvalue weighted by Crippen LogP contribution is 2.32. The number of benzene rings is 1. The molecule has 1 aromatic carbocycles. The van der Waals surface area contributed by atoms with Crippen LogP contribution in [0.3, 0.4) is 0 Å². The van der Waals surface area contributed by atoms with E-state index in [1.807, 2.05) is 24.3 Å². The summed E-state index contributed by atoms with van der Waals surface area (Å²) in [6, 6.07) is 7.96. The largest absolute Gasteiger partial charge is 0.352 e. The highest BCUT2D eigenvalue weighted by molar-refractivity contribution is 5.76. The summed E-state index contributed by atoms with van der Waals surface area (Å²) in [7, 11) is 0. The molecule has 3 nitrogen and oxygen atoms in total. The second kappa shape index (κ2) is 5.12. The molecule has 2 rings (SSSR count). The zero-order valence-electron chi connectivity index (χ0n) is 9.41. The van der Waals surface area contributed by atoms with Crippen LogP contribution in [-0.2, 0) is 17.9 Å². The average molecular weight is 218 g/mol. The van der Waals surface area contributed by atoms with Crippen molar-refractivity contribution in [3.05, 3.63) is 35.4 Å². The van der Waals surface area contributed by atoms with Crippen molar-refractivity contribution in [1.82, 2.24) is 5.32 Å². The molecule has 0 heterocycles. The quantitative estimate of drug-likeness (QED) is 0.788. The SMILES string of the molecule is NCc1ccccc1CNC(=O)CC1CC1. The summed E-state index contributed by atoms with van der Waals surface area (Å²) in [5, 5.41) is 2.95. The third-order valence-electron chi connectivity index (χ3n) is 2.99. The van der Waals surface area contributed by atoms with Crippen LogP contribution in [0, 0.1) is 5.92 Å². The predicted molar refractivity (Wildman–Crippen MR) is 63.5 cm³/mol. The summed E-state index contributed by atoms with van der Waals surface area (Å²) >= 11 is 0. The van der Waals surface area contributed by atoms with Crippen LogP contribution in [0.1, 0.15) is 30.4 Å². The molecule has 1 amide bonds. The minimum atomic E-state index is 0.161. The minimum absolute atomic E-state index is 0.161. The molecule has 0 spiro atoms. The lowest BCUT2D eigenvalue weighted by atomic mass is 10.1. The van der Waals surface area contributed by atoms with Crippen molar-refractivity contribution >= 4 is 5.91 Å². The van der Waals surface area contributed by atoms with E-state index < -0.39 is 0 Å². The Hall–Kier alpha value is -1.35. The summed E-state index contributed by atoms with van der Waals surface area (Å²) in [4.78, 5) is 11.5. The Morgan fingerprint density at radius 1 is 1.31 bits per heavy atom. The van der Waals surface area contributed by atoms with E-state index in [1.165, 1.54) is 12.8 Å². The van der Waals surface area contributed by atoms with Crippen LogP contribution in [-0.4, -0.2) is 5.91 Å². The summed E-state index contributed by atoms with van der Waals surface area (Å²) in [5.74, 6) is 0.805. The van der Waals surface area contributed by atoms with Crippen molar-refractivity contribution in [2.45, 2.75) is 32.4 Å². The molecule has 0 saturated heterocycles. The summed E-state index contributed by atoms with van der Waals surface area (Å²) < 4.78 is 0. The van der Waals surface area contributed by atoms with Crippen LogP contribution < -0.4 is 11.1 Å². The first kappa shape index (κ1) is 11.1. The zero-order valence-corrected chi connectivity index (χ0v) is 9.41. The first-order chi connectivity index (χ1) is 7.79. The first-order valence-electron chi connectivity index (χ1n) is 5.83. The standard InChI is InChI=1S/C13H18N2O/c14-8-11-3-1-2-4-12(11)9-15-13(16)7-10-5-6-10/h1-4,10H,5-9,14H2,(H,15,16). The molecule has 0 aromatic heterocycles. The fourth-order valence-corrected chi connectivity index (χ4v) is 1.78. The number of carbonyl (C=O) groups excluding carboxylic acids is 1. The number of rotatable bonds is 5. The smallest absolute Gasteiger partial charge is 0.220 e. The molecule has 1 aliphatic rings. The van der Waals surface area contributed by atoms with E-state index in [4.69, 9.17) is 5.73 Å². The summed E-state index contributed by atoms with van der Waals surface area (Å²) in [6.07, 6.45) is 3.12. The maximum absolute atomic E-state index is 11.5. The van der Waals surface area contributed by atoms with Crippen molar-refractivity contribution in [1.29, 1.82) is 0 Å². The van der Waals surface area contributed by atoms with E-state index >= 15 is 0 Å². The molecule has 3 N–H and O–H groups in total. The summed E-state index contributed by atoms with van der Waals surface area (Å²) in [5.41, 5.74) is 7.86. The fraction of sp³-hybridized carbons (Fsp3) is 0.462. The van der Waals surface area contributed by atoms with Gasteiger partial charge >= 0.3 is 0 Å². The summed E-state index contributed by atoms with van der Waals surface area (Å²) in [6.45, 7) is 1.12. The third-order valence-corrected chi connectivity index (χ3v) is 2.99. The van der Waals surface area contributed by atoms with E-state index in [0.717, 1.165) is 11.1 Å². The van der Waals surface area contributed by atoms with Crippen LogP contribution in [0.4, 0.5) is 0 Å². The zero-order chi connectivity index (χ0) is 11.4. The molecule has 0 unspecified atom stereocenters. The normalized spacial score (nSPS) is 14.8. The Bertz CT molecular complexity index is 372. The van der Waals surface area contributed by atoms with Gasteiger partial charge in [-0.05, 0) is 29.9 Å². The molecule has 16 heavy (non-hydrogen) atoms. The second-order valence-electron chi connectivity index (χ2n) is 4.40. The van der Waals surface area contributed by atoms with Crippen LogP contribution >= 0.6 is 0 Å². The molecule has 86 valence electrons. The molecular formula is C13H18N2O.